The van der Waals surface area contributed by atoms with E-state index in [9.17, 15) is 0 Å². The van der Waals surface area contributed by atoms with Crippen LogP contribution < -0.4 is 5.32 Å². The van der Waals surface area contributed by atoms with Gasteiger partial charge in [-0.3, -0.25) is 0 Å². The van der Waals surface area contributed by atoms with E-state index in [1.165, 1.54) is 5.82 Å². The molecule has 1 aromatic heterocycles. The molecule has 0 aromatic carbocycles. The monoisotopic (exact) mass is 151 g/mol. The van der Waals surface area contributed by atoms with Gasteiger partial charge >= 0.3 is 0 Å². The summed E-state index contributed by atoms with van der Waals surface area (Å²) >= 11 is 0. The molecule has 1 aliphatic rings. The van der Waals surface area contributed by atoms with Gasteiger partial charge in [-0.15, -0.1) is 0 Å². The third-order valence-electron chi connectivity index (χ3n) is 2.26. The van der Waals surface area contributed by atoms with E-state index >= 15 is 0 Å². The molecule has 60 valence electrons. The molecule has 0 radical (unpaired) electrons. The van der Waals surface area contributed by atoms with Crippen LogP contribution in [0.1, 0.15) is 5.82 Å². The van der Waals surface area contributed by atoms with E-state index in [0.29, 0.717) is 0 Å². The predicted octanol–water partition coefficient (Wildman–Crippen LogP) is 0.182. The average Bonchev–Trinajstić information content (AvgIpc) is 2.27. The number of aromatic nitrogens is 2. The first-order valence-corrected chi connectivity index (χ1v) is 4.03. The van der Waals surface area contributed by atoms with E-state index in [-0.39, 0.29) is 0 Å². The molecule has 1 aliphatic heterocycles. The lowest BCUT2D eigenvalue weighted by Gasteiger charge is -2.26. The number of rotatable bonds is 2. The third-order valence-corrected chi connectivity index (χ3v) is 2.26. The van der Waals surface area contributed by atoms with Crippen molar-refractivity contribution >= 4 is 0 Å². The summed E-state index contributed by atoms with van der Waals surface area (Å²) in [5, 5.41) is 3.26. The standard InChI is InChI=1S/C8H13N3/c1-11-3-2-10-8(11)4-7-5-9-6-7/h2-3,7,9H,4-6H2,1H3. The first-order chi connectivity index (χ1) is 5.36. The second-order valence-corrected chi connectivity index (χ2v) is 3.18. The van der Waals surface area contributed by atoms with E-state index in [2.05, 4.69) is 21.9 Å². The summed E-state index contributed by atoms with van der Waals surface area (Å²) in [5.74, 6) is 2.02. The van der Waals surface area contributed by atoms with Gasteiger partial charge in [-0.25, -0.2) is 4.98 Å². The molecule has 0 saturated carbocycles. The largest absolute Gasteiger partial charge is 0.338 e. The fraction of sp³-hybridized carbons (Fsp3) is 0.625. The molecule has 2 heterocycles. The number of nitrogens with zero attached hydrogens (tertiary/aromatic N) is 2. The highest BCUT2D eigenvalue weighted by Gasteiger charge is 2.18. The Kier molecular flexibility index (Phi) is 1.66. The number of hydrogen-bond acceptors (Lipinski definition) is 2. The fourth-order valence-electron chi connectivity index (χ4n) is 1.34. The molecule has 1 saturated heterocycles. The van der Waals surface area contributed by atoms with E-state index in [4.69, 9.17) is 0 Å². The van der Waals surface area contributed by atoms with E-state index in [1.807, 2.05) is 12.4 Å². The Morgan fingerprint density at radius 1 is 1.73 bits per heavy atom. The summed E-state index contributed by atoms with van der Waals surface area (Å²) in [5.41, 5.74) is 0. The summed E-state index contributed by atoms with van der Waals surface area (Å²) in [7, 11) is 2.05. The first-order valence-electron chi connectivity index (χ1n) is 4.03. The summed E-state index contributed by atoms with van der Waals surface area (Å²) in [6.45, 7) is 2.32. The van der Waals surface area contributed by atoms with Gasteiger partial charge in [0.25, 0.3) is 0 Å². The van der Waals surface area contributed by atoms with Crippen LogP contribution in [-0.4, -0.2) is 22.6 Å². The van der Waals surface area contributed by atoms with Crippen LogP contribution >= 0.6 is 0 Å². The lowest BCUT2D eigenvalue weighted by Crippen LogP contribution is -2.43. The molecule has 1 fully saturated rings. The van der Waals surface area contributed by atoms with Crippen molar-refractivity contribution < 1.29 is 0 Å². The lowest BCUT2D eigenvalue weighted by molar-refractivity contribution is 0.338. The molecule has 2 rings (SSSR count). The van der Waals surface area contributed by atoms with E-state index in [0.717, 1.165) is 25.4 Å². The van der Waals surface area contributed by atoms with E-state index < -0.39 is 0 Å². The van der Waals surface area contributed by atoms with Crippen LogP contribution in [0.3, 0.4) is 0 Å². The third kappa shape index (κ3) is 1.28. The molecular weight excluding hydrogens is 138 g/mol. The topological polar surface area (TPSA) is 29.9 Å². The minimum atomic E-state index is 0.816. The minimum Gasteiger partial charge on any atom is -0.338 e. The maximum Gasteiger partial charge on any atom is 0.108 e. The molecule has 0 aliphatic carbocycles. The van der Waals surface area contributed by atoms with Gasteiger partial charge in [0.15, 0.2) is 0 Å². The van der Waals surface area contributed by atoms with Gasteiger partial charge in [0.2, 0.25) is 0 Å². The Labute approximate surface area is 66.4 Å². The summed E-state index contributed by atoms with van der Waals surface area (Å²) in [6.07, 6.45) is 4.99. The maximum absolute atomic E-state index is 4.27. The Hall–Kier alpha value is -0.830. The SMILES string of the molecule is Cn1ccnc1CC1CNC1. The van der Waals surface area contributed by atoms with Gasteiger partial charge in [-0.1, -0.05) is 0 Å². The van der Waals surface area contributed by atoms with E-state index in [1.54, 1.807) is 0 Å². The van der Waals surface area contributed by atoms with Crippen LogP contribution in [-0.2, 0) is 13.5 Å². The average molecular weight is 151 g/mol. The van der Waals surface area contributed by atoms with Crippen LogP contribution in [0.5, 0.6) is 0 Å². The van der Waals surface area contributed by atoms with Gasteiger partial charge in [0.05, 0.1) is 0 Å². The highest BCUT2D eigenvalue weighted by Crippen LogP contribution is 2.09. The normalized spacial score (nSPS) is 18.3. The van der Waals surface area contributed by atoms with Crippen molar-refractivity contribution in [3.63, 3.8) is 0 Å². The molecule has 0 atom stereocenters. The Morgan fingerprint density at radius 3 is 3.00 bits per heavy atom. The zero-order valence-electron chi connectivity index (χ0n) is 6.75. The van der Waals surface area contributed by atoms with Crippen molar-refractivity contribution in [3.8, 4) is 0 Å². The summed E-state index contributed by atoms with van der Waals surface area (Å²) < 4.78 is 2.10. The zero-order chi connectivity index (χ0) is 7.68. The Bertz CT molecular complexity index is 237. The Morgan fingerprint density at radius 2 is 2.55 bits per heavy atom. The van der Waals surface area contributed by atoms with Gasteiger partial charge < -0.3 is 9.88 Å². The highest BCUT2D eigenvalue weighted by molar-refractivity contribution is 4.95. The molecule has 3 heteroatoms. The second-order valence-electron chi connectivity index (χ2n) is 3.18. The molecule has 1 aromatic rings. The summed E-state index contributed by atoms with van der Waals surface area (Å²) in [6, 6.07) is 0. The van der Waals surface area contributed by atoms with Gasteiger partial charge in [-0.05, 0) is 19.0 Å². The van der Waals surface area contributed by atoms with Crippen molar-refractivity contribution in [2.45, 2.75) is 6.42 Å². The molecule has 3 nitrogen and oxygen atoms in total. The van der Waals surface area contributed by atoms with Crippen molar-refractivity contribution in [3.05, 3.63) is 18.2 Å². The van der Waals surface area contributed by atoms with Crippen molar-refractivity contribution in [1.29, 1.82) is 0 Å². The van der Waals surface area contributed by atoms with Crippen molar-refractivity contribution in [2.75, 3.05) is 13.1 Å². The molecule has 0 spiro atoms. The van der Waals surface area contributed by atoms with Crippen LogP contribution in [0.25, 0.3) is 0 Å². The second kappa shape index (κ2) is 2.66. The van der Waals surface area contributed by atoms with Gasteiger partial charge in [0.1, 0.15) is 5.82 Å². The van der Waals surface area contributed by atoms with Crippen molar-refractivity contribution in [2.24, 2.45) is 13.0 Å². The predicted molar refractivity (Wildman–Crippen MR) is 43.3 cm³/mol. The number of hydrogen-bond donors (Lipinski definition) is 1. The zero-order valence-corrected chi connectivity index (χ0v) is 6.75. The van der Waals surface area contributed by atoms with Crippen molar-refractivity contribution in [1.82, 2.24) is 14.9 Å². The smallest absolute Gasteiger partial charge is 0.108 e. The summed E-state index contributed by atoms with van der Waals surface area (Å²) in [4.78, 5) is 4.27. The van der Waals surface area contributed by atoms with Crippen LogP contribution in [0.15, 0.2) is 12.4 Å². The highest BCUT2D eigenvalue weighted by atomic mass is 15.0. The fourth-order valence-corrected chi connectivity index (χ4v) is 1.34. The number of aryl methyl sites for hydroxylation is 1. The van der Waals surface area contributed by atoms with Crippen LogP contribution in [0, 0.1) is 5.92 Å². The molecule has 0 amide bonds. The maximum atomic E-state index is 4.27. The first kappa shape index (κ1) is 6.85. The Balaban J connectivity index is 1.99. The minimum absolute atomic E-state index is 0.816. The van der Waals surface area contributed by atoms with Crippen LogP contribution in [0.4, 0.5) is 0 Å². The van der Waals surface area contributed by atoms with Crippen LogP contribution in [0.2, 0.25) is 0 Å². The molecule has 0 bridgehead atoms. The molecular formula is C8H13N3. The number of imidazole rings is 1. The quantitative estimate of drug-likeness (QED) is 0.653. The lowest BCUT2D eigenvalue weighted by atomic mass is 9.99. The molecule has 0 unspecified atom stereocenters. The number of nitrogens with one attached hydrogen (secondary N) is 1. The molecule has 11 heavy (non-hydrogen) atoms. The van der Waals surface area contributed by atoms with Gasteiger partial charge in [-0.2, -0.15) is 0 Å². The van der Waals surface area contributed by atoms with Gasteiger partial charge in [0, 0.05) is 25.9 Å². The molecule has 1 N–H and O–H groups in total.